The van der Waals surface area contributed by atoms with Crippen molar-refractivity contribution in [2.45, 2.75) is 96.3 Å². The molecular formula is C28H39ClO6. The largest absolute Gasteiger partial charge is 0.450 e. The highest BCUT2D eigenvalue weighted by Gasteiger charge is 2.76. The third-order valence-electron chi connectivity index (χ3n) is 9.71. The number of carbonyl (C=O) groups is 3. The van der Waals surface area contributed by atoms with Crippen molar-refractivity contribution in [2.24, 2.45) is 28.6 Å². The topological polar surface area (TPSA) is 89.9 Å². The van der Waals surface area contributed by atoms with E-state index in [2.05, 4.69) is 0 Å². The number of ketones is 2. The van der Waals surface area contributed by atoms with Crippen LogP contribution in [0.1, 0.15) is 73.6 Å². The smallest absolute Gasteiger partial charge is 0.306 e. The number of Topliss-reactive ketones (excluding diaryl/α,β-unsaturated/α-hetero) is 1. The molecule has 35 heavy (non-hydrogen) atoms. The minimum Gasteiger partial charge on any atom is -0.450 e. The van der Waals surface area contributed by atoms with Gasteiger partial charge in [-0.3, -0.25) is 14.4 Å². The third-order valence-corrected chi connectivity index (χ3v) is 10.6. The van der Waals surface area contributed by atoms with Crippen LogP contribution in [0.4, 0.5) is 0 Å². The maximum atomic E-state index is 13.9. The maximum absolute atomic E-state index is 13.9. The van der Waals surface area contributed by atoms with Gasteiger partial charge in [0.05, 0.1) is 17.1 Å². The van der Waals surface area contributed by atoms with E-state index in [4.69, 9.17) is 21.1 Å². The van der Waals surface area contributed by atoms with Crippen molar-refractivity contribution in [1.82, 2.24) is 0 Å². The minimum absolute atomic E-state index is 0.0459. The Labute approximate surface area is 213 Å². The second-order valence-corrected chi connectivity index (χ2v) is 12.4. The van der Waals surface area contributed by atoms with E-state index in [-0.39, 0.29) is 54.9 Å². The Hall–Kier alpha value is -1.50. The zero-order valence-corrected chi connectivity index (χ0v) is 22.5. The van der Waals surface area contributed by atoms with Crippen LogP contribution in [0.3, 0.4) is 0 Å². The quantitative estimate of drug-likeness (QED) is 0.419. The molecule has 0 heterocycles. The lowest BCUT2D eigenvalue weighted by atomic mass is 9.45. The average Bonchev–Trinajstić information content (AvgIpc) is 3.00. The summed E-state index contributed by atoms with van der Waals surface area (Å²) >= 11 is 7.50. The van der Waals surface area contributed by atoms with Crippen LogP contribution in [-0.4, -0.2) is 51.9 Å². The summed E-state index contributed by atoms with van der Waals surface area (Å²) in [5.74, 6) is -1.15. The second kappa shape index (κ2) is 8.81. The van der Waals surface area contributed by atoms with Crippen LogP contribution in [0.25, 0.3) is 0 Å². The van der Waals surface area contributed by atoms with E-state index in [0.29, 0.717) is 19.3 Å². The highest BCUT2D eigenvalue weighted by atomic mass is 35.5. The SMILES string of the molecule is CCC(=O)OC1(C(=O)COC(C)C)C(C)CC2C3CCC4=CC(=O)C=CC4(C)C3(Cl)C(O)CC21C. The molecule has 0 saturated heterocycles. The fourth-order valence-electron chi connectivity index (χ4n) is 8.00. The lowest BCUT2D eigenvalue weighted by Crippen LogP contribution is -2.69. The lowest BCUT2D eigenvalue weighted by molar-refractivity contribution is -0.203. The van der Waals surface area contributed by atoms with Crippen LogP contribution in [-0.2, 0) is 23.9 Å². The van der Waals surface area contributed by atoms with Crippen LogP contribution >= 0.6 is 11.6 Å². The van der Waals surface area contributed by atoms with Gasteiger partial charge in [-0.05, 0) is 63.5 Å². The number of ether oxygens (including phenoxy) is 2. The Morgan fingerprint density at radius 3 is 2.57 bits per heavy atom. The van der Waals surface area contributed by atoms with Crippen LogP contribution in [0.2, 0.25) is 0 Å². The van der Waals surface area contributed by atoms with Gasteiger partial charge in [0, 0.05) is 23.2 Å². The van der Waals surface area contributed by atoms with Crippen molar-refractivity contribution in [3.05, 3.63) is 23.8 Å². The summed E-state index contributed by atoms with van der Waals surface area (Å²) in [5, 5.41) is 11.8. The van der Waals surface area contributed by atoms with Gasteiger partial charge in [-0.2, -0.15) is 0 Å². The number of allylic oxidation sites excluding steroid dienone is 4. The zero-order chi connectivity index (χ0) is 26.0. The predicted octanol–water partition coefficient (Wildman–Crippen LogP) is 4.56. The predicted molar refractivity (Wildman–Crippen MR) is 133 cm³/mol. The van der Waals surface area contributed by atoms with Crippen molar-refractivity contribution in [3.8, 4) is 0 Å². The van der Waals surface area contributed by atoms with Gasteiger partial charge in [-0.25, -0.2) is 0 Å². The standard InChI is InChI=1S/C28H39ClO6/c1-7-24(33)35-28(23(32)15-34-16(2)3)17(4)12-21-20-9-8-18-13-19(30)10-11-25(18,5)27(20,29)22(31)14-26(21,28)6/h10-11,13,16-17,20-22,31H,7-9,12,14-15H2,1-6H3. The molecule has 4 aliphatic rings. The highest BCUT2D eigenvalue weighted by molar-refractivity contribution is 6.26. The number of halogens is 1. The average molecular weight is 507 g/mol. The summed E-state index contributed by atoms with van der Waals surface area (Å²) in [4.78, 5) is 37.7. The van der Waals surface area contributed by atoms with Crippen molar-refractivity contribution in [3.63, 3.8) is 0 Å². The minimum atomic E-state index is -1.39. The van der Waals surface area contributed by atoms with E-state index < -0.39 is 33.4 Å². The number of rotatable bonds is 6. The fraction of sp³-hybridized carbons (Fsp3) is 0.750. The van der Waals surface area contributed by atoms with Crippen LogP contribution in [0.15, 0.2) is 23.8 Å². The van der Waals surface area contributed by atoms with E-state index in [1.165, 1.54) is 0 Å². The molecule has 4 rings (SSSR count). The Morgan fingerprint density at radius 1 is 1.26 bits per heavy atom. The van der Waals surface area contributed by atoms with Crippen molar-refractivity contribution < 1.29 is 29.0 Å². The van der Waals surface area contributed by atoms with Gasteiger partial charge in [0.1, 0.15) is 6.61 Å². The molecule has 6 nitrogen and oxygen atoms in total. The molecule has 8 atom stereocenters. The van der Waals surface area contributed by atoms with Gasteiger partial charge >= 0.3 is 5.97 Å². The van der Waals surface area contributed by atoms with E-state index in [9.17, 15) is 19.5 Å². The molecule has 194 valence electrons. The molecule has 1 N–H and O–H groups in total. The van der Waals surface area contributed by atoms with E-state index >= 15 is 0 Å². The Morgan fingerprint density at radius 2 is 1.94 bits per heavy atom. The molecule has 0 aromatic carbocycles. The van der Waals surface area contributed by atoms with Gasteiger partial charge in [0.15, 0.2) is 11.4 Å². The molecular weight excluding hydrogens is 468 g/mol. The summed E-state index contributed by atoms with van der Waals surface area (Å²) in [6.45, 7) is 11.3. The molecule has 7 heteroatoms. The van der Waals surface area contributed by atoms with Gasteiger partial charge in [-0.15, -0.1) is 11.6 Å². The molecule has 0 bridgehead atoms. The van der Waals surface area contributed by atoms with Crippen molar-refractivity contribution in [1.29, 1.82) is 0 Å². The number of aliphatic hydroxyl groups is 1. The summed E-state index contributed by atoms with van der Waals surface area (Å²) in [6, 6.07) is 0. The first-order valence-corrected chi connectivity index (χ1v) is 13.3. The zero-order valence-electron chi connectivity index (χ0n) is 21.7. The second-order valence-electron chi connectivity index (χ2n) is 11.7. The fourth-order valence-corrected chi connectivity index (χ4v) is 8.52. The Kier molecular flexibility index (Phi) is 6.69. The van der Waals surface area contributed by atoms with E-state index in [1.54, 1.807) is 19.1 Å². The first kappa shape index (κ1) is 26.6. The number of hydrogen-bond acceptors (Lipinski definition) is 6. The number of alkyl halides is 1. The molecule has 0 aliphatic heterocycles. The number of fused-ring (bicyclic) bond motifs is 5. The lowest BCUT2D eigenvalue weighted by Gasteiger charge is -2.64. The van der Waals surface area contributed by atoms with E-state index in [0.717, 1.165) is 5.57 Å². The monoisotopic (exact) mass is 506 g/mol. The highest BCUT2D eigenvalue weighted by Crippen LogP contribution is 2.72. The molecule has 8 unspecified atom stereocenters. The van der Waals surface area contributed by atoms with Crippen LogP contribution in [0.5, 0.6) is 0 Å². The molecule has 0 aromatic heterocycles. The summed E-state index contributed by atoms with van der Waals surface area (Å²) in [7, 11) is 0. The first-order chi connectivity index (χ1) is 16.3. The number of esters is 1. The molecule has 0 amide bonds. The van der Waals surface area contributed by atoms with Gasteiger partial charge in [0.25, 0.3) is 0 Å². The van der Waals surface area contributed by atoms with Crippen LogP contribution < -0.4 is 0 Å². The normalized spacial score (nSPS) is 44.4. The van der Waals surface area contributed by atoms with Crippen LogP contribution in [0, 0.1) is 28.6 Å². The molecule has 0 radical (unpaired) electrons. The third kappa shape index (κ3) is 3.53. The molecule has 3 fully saturated rings. The molecule has 3 saturated carbocycles. The molecule has 4 aliphatic carbocycles. The number of hydrogen-bond donors (Lipinski definition) is 1. The van der Waals surface area contributed by atoms with Gasteiger partial charge < -0.3 is 14.6 Å². The Bertz CT molecular complexity index is 986. The first-order valence-electron chi connectivity index (χ1n) is 13.0. The number of carbonyl (C=O) groups excluding carboxylic acids is 3. The summed E-state index contributed by atoms with van der Waals surface area (Å²) in [6.07, 6.45) is 6.40. The number of aliphatic hydroxyl groups excluding tert-OH is 1. The van der Waals surface area contributed by atoms with Crippen molar-refractivity contribution in [2.75, 3.05) is 6.61 Å². The molecule has 0 spiro atoms. The summed E-state index contributed by atoms with van der Waals surface area (Å²) < 4.78 is 11.8. The Balaban J connectivity index is 1.81. The van der Waals surface area contributed by atoms with Crippen molar-refractivity contribution >= 4 is 29.1 Å². The maximum Gasteiger partial charge on any atom is 0.306 e. The van der Waals surface area contributed by atoms with Gasteiger partial charge in [-0.1, -0.05) is 39.3 Å². The molecule has 0 aromatic rings. The van der Waals surface area contributed by atoms with E-state index in [1.807, 2.05) is 40.7 Å². The van der Waals surface area contributed by atoms with Gasteiger partial charge in [0.2, 0.25) is 5.78 Å². The summed E-state index contributed by atoms with van der Waals surface area (Å²) in [5.41, 5.74) is -1.92.